The SMILES string of the molecule is C=C[Si]OCC. The van der Waals surface area contributed by atoms with Gasteiger partial charge in [-0.2, -0.15) is 0 Å². The highest BCUT2D eigenvalue weighted by Gasteiger charge is 1.72. The summed E-state index contributed by atoms with van der Waals surface area (Å²) in [4.78, 5) is 0. The third-order valence-corrected chi connectivity index (χ3v) is 0.933. The number of rotatable bonds is 3. The molecule has 0 bridgehead atoms. The monoisotopic (exact) mass is 100 g/mol. The van der Waals surface area contributed by atoms with E-state index in [1.54, 1.807) is 5.70 Å². The minimum Gasteiger partial charge on any atom is -0.412 e. The van der Waals surface area contributed by atoms with E-state index in [-0.39, 0.29) is 0 Å². The fraction of sp³-hybridized carbons (Fsp3) is 0.500. The maximum absolute atomic E-state index is 4.89. The second-order valence-corrected chi connectivity index (χ2v) is 1.69. The Bertz CT molecular complexity index is 36.5. The Morgan fingerprint density at radius 2 is 2.67 bits per heavy atom. The average molecular weight is 100 g/mol. The zero-order valence-corrected chi connectivity index (χ0v) is 4.90. The van der Waals surface area contributed by atoms with Crippen LogP contribution in [0.2, 0.25) is 0 Å². The molecule has 0 unspecified atom stereocenters. The second-order valence-electron chi connectivity index (χ2n) is 0.755. The number of hydrogen-bond donors (Lipinski definition) is 0. The van der Waals surface area contributed by atoms with E-state index < -0.39 is 0 Å². The van der Waals surface area contributed by atoms with Crippen molar-refractivity contribution in [3.05, 3.63) is 12.3 Å². The van der Waals surface area contributed by atoms with Gasteiger partial charge in [-0.05, 0) is 6.92 Å². The van der Waals surface area contributed by atoms with E-state index in [9.17, 15) is 0 Å². The molecule has 0 spiro atoms. The van der Waals surface area contributed by atoms with Crippen LogP contribution in [0.25, 0.3) is 0 Å². The lowest BCUT2D eigenvalue weighted by Crippen LogP contribution is -1.91. The topological polar surface area (TPSA) is 9.23 Å². The minimum atomic E-state index is 0.479. The van der Waals surface area contributed by atoms with Gasteiger partial charge in [-0.1, -0.05) is 5.70 Å². The van der Waals surface area contributed by atoms with E-state index in [0.717, 1.165) is 6.61 Å². The Morgan fingerprint density at radius 3 is 2.83 bits per heavy atom. The quantitative estimate of drug-likeness (QED) is 0.376. The Balaban J connectivity index is 2.49. The largest absolute Gasteiger partial charge is 0.412 e. The fourth-order valence-electron chi connectivity index (χ4n) is 0.142. The lowest BCUT2D eigenvalue weighted by molar-refractivity contribution is 0.367. The van der Waals surface area contributed by atoms with E-state index in [0.29, 0.717) is 9.76 Å². The van der Waals surface area contributed by atoms with Gasteiger partial charge in [0.2, 0.25) is 0 Å². The van der Waals surface area contributed by atoms with Crippen molar-refractivity contribution in [3.8, 4) is 0 Å². The van der Waals surface area contributed by atoms with E-state index in [1.165, 1.54) is 0 Å². The van der Waals surface area contributed by atoms with Crippen molar-refractivity contribution < 1.29 is 4.43 Å². The Labute approximate surface area is 41.0 Å². The lowest BCUT2D eigenvalue weighted by Gasteiger charge is -1.85. The van der Waals surface area contributed by atoms with Crippen LogP contribution in [0.3, 0.4) is 0 Å². The summed E-state index contributed by atoms with van der Waals surface area (Å²) < 4.78 is 4.89. The molecule has 0 amide bonds. The standard InChI is InChI=1S/C4H8OSi/c1-3-5-6-4-2/h4H,2-3H2,1H3. The molecule has 0 saturated carbocycles. The van der Waals surface area contributed by atoms with Crippen LogP contribution in [-0.4, -0.2) is 16.4 Å². The second kappa shape index (κ2) is 4.92. The normalized spacial score (nSPS) is 8.17. The lowest BCUT2D eigenvalue weighted by atomic mass is 10.9. The molecule has 0 rings (SSSR count). The summed E-state index contributed by atoms with van der Waals surface area (Å²) in [6.07, 6.45) is 0. The van der Waals surface area contributed by atoms with Crippen molar-refractivity contribution in [2.24, 2.45) is 0 Å². The van der Waals surface area contributed by atoms with Crippen molar-refractivity contribution in [1.82, 2.24) is 0 Å². The van der Waals surface area contributed by atoms with Crippen LogP contribution in [0.15, 0.2) is 12.3 Å². The van der Waals surface area contributed by atoms with Gasteiger partial charge in [-0.15, -0.1) is 6.58 Å². The summed E-state index contributed by atoms with van der Waals surface area (Å²) >= 11 is 0. The van der Waals surface area contributed by atoms with Gasteiger partial charge < -0.3 is 4.43 Å². The van der Waals surface area contributed by atoms with Gasteiger partial charge in [-0.25, -0.2) is 0 Å². The highest BCUT2D eigenvalue weighted by molar-refractivity contribution is 6.33. The third kappa shape index (κ3) is 3.92. The Morgan fingerprint density at radius 1 is 2.00 bits per heavy atom. The molecule has 2 radical (unpaired) electrons. The Kier molecular flexibility index (Phi) is 4.85. The van der Waals surface area contributed by atoms with Crippen molar-refractivity contribution >= 4 is 9.76 Å². The maximum Gasteiger partial charge on any atom is 0.260 e. The molecule has 0 aliphatic carbocycles. The van der Waals surface area contributed by atoms with Crippen molar-refractivity contribution in [3.63, 3.8) is 0 Å². The molecule has 0 atom stereocenters. The first kappa shape index (κ1) is 5.92. The predicted octanol–water partition coefficient (Wildman–Crippen LogP) is 0.786. The summed E-state index contributed by atoms with van der Waals surface area (Å²) in [6.45, 7) is 6.25. The first-order chi connectivity index (χ1) is 2.91. The molecule has 2 heteroatoms. The molecule has 0 fully saturated rings. The van der Waals surface area contributed by atoms with Crippen LogP contribution in [0.4, 0.5) is 0 Å². The molecular weight excluding hydrogens is 92.1 g/mol. The van der Waals surface area contributed by atoms with E-state index in [2.05, 4.69) is 6.58 Å². The van der Waals surface area contributed by atoms with Gasteiger partial charge in [0, 0.05) is 6.61 Å². The zero-order chi connectivity index (χ0) is 4.83. The first-order valence-corrected chi connectivity index (χ1v) is 2.88. The van der Waals surface area contributed by atoms with Gasteiger partial charge >= 0.3 is 0 Å². The third-order valence-electron chi connectivity index (χ3n) is 0.311. The van der Waals surface area contributed by atoms with Crippen LogP contribution in [0.5, 0.6) is 0 Å². The minimum absolute atomic E-state index is 0.479. The average Bonchev–Trinajstić information content (AvgIpc) is 1.61. The fourth-order valence-corrected chi connectivity index (χ4v) is 0.427. The highest BCUT2D eigenvalue weighted by Crippen LogP contribution is 1.65. The smallest absolute Gasteiger partial charge is 0.260 e. The maximum atomic E-state index is 4.89. The Hall–Kier alpha value is -0.0831. The summed E-state index contributed by atoms with van der Waals surface area (Å²) in [5.74, 6) is 0. The number of hydrogen-bond acceptors (Lipinski definition) is 1. The molecule has 34 valence electrons. The van der Waals surface area contributed by atoms with Crippen LogP contribution < -0.4 is 0 Å². The molecule has 0 aromatic carbocycles. The van der Waals surface area contributed by atoms with Crippen molar-refractivity contribution in [1.29, 1.82) is 0 Å². The van der Waals surface area contributed by atoms with Crippen LogP contribution in [0, 0.1) is 0 Å². The van der Waals surface area contributed by atoms with E-state index >= 15 is 0 Å². The highest BCUT2D eigenvalue weighted by atomic mass is 28.2. The van der Waals surface area contributed by atoms with E-state index in [1.807, 2.05) is 6.92 Å². The molecular formula is C4H8OSi. The molecule has 0 heterocycles. The summed E-state index contributed by atoms with van der Waals surface area (Å²) in [6, 6.07) is 0. The van der Waals surface area contributed by atoms with Gasteiger partial charge in [0.25, 0.3) is 9.76 Å². The molecule has 0 aromatic rings. The van der Waals surface area contributed by atoms with Crippen LogP contribution in [0.1, 0.15) is 6.92 Å². The molecule has 0 saturated heterocycles. The zero-order valence-electron chi connectivity index (χ0n) is 3.90. The molecule has 1 nitrogen and oxygen atoms in total. The van der Waals surface area contributed by atoms with Crippen LogP contribution >= 0.6 is 0 Å². The molecule has 0 aliphatic heterocycles. The van der Waals surface area contributed by atoms with Crippen LogP contribution in [-0.2, 0) is 4.43 Å². The molecule has 0 N–H and O–H groups in total. The van der Waals surface area contributed by atoms with Crippen molar-refractivity contribution in [2.75, 3.05) is 6.61 Å². The predicted molar refractivity (Wildman–Crippen MR) is 27.6 cm³/mol. The summed E-state index contributed by atoms with van der Waals surface area (Å²) in [5.41, 5.74) is 1.77. The van der Waals surface area contributed by atoms with Crippen molar-refractivity contribution in [2.45, 2.75) is 6.92 Å². The van der Waals surface area contributed by atoms with Gasteiger partial charge in [0.15, 0.2) is 0 Å². The molecule has 6 heavy (non-hydrogen) atoms. The summed E-state index contributed by atoms with van der Waals surface area (Å²) in [5, 5.41) is 0. The van der Waals surface area contributed by atoms with E-state index in [4.69, 9.17) is 4.43 Å². The molecule has 0 aliphatic rings. The summed E-state index contributed by atoms with van der Waals surface area (Å²) in [7, 11) is 0.479. The van der Waals surface area contributed by atoms with Gasteiger partial charge in [0.1, 0.15) is 0 Å². The first-order valence-electron chi connectivity index (χ1n) is 1.90. The molecule has 0 aromatic heterocycles. The van der Waals surface area contributed by atoms with Gasteiger partial charge in [0.05, 0.1) is 0 Å². The van der Waals surface area contributed by atoms with Gasteiger partial charge in [-0.3, -0.25) is 0 Å².